The van der Waals surface area contributed by atoms with Crippen LogP contribution in [0.25, 0.3) is 21.9 Å². The number of aromatic amines is 1. The van der Waals surface area contributed by atoms with Gasteiger partial charge < -0.3 is 25.3 Å². The lowest BCUT2D eigenvalue weighted by molar-refractivity contribution is 0.0601. The predicted octanol–water partition coefficient (Wildman–Crippen LogP) is 3.84. The summed E-state index contributed by atoms with van der Waals surface area (Å²) in [6, 6.07) is 15.7. The second-order valence-electron chi connectivity index (χ2n) is 9.07. The van der Waals surface area contributed by atoms with E-state index in [1.165, 1.54) is 7.11 Å². The van der Waals surface area contributed by atoms with Crippen molar-refractivity contribution in [2.45, 2.75) is 19.3 Å². The summed E-state index contributed by atoms with van der Waals surface area (Å²) >= 11 is 0. The van der Waals surface area contributed by atoms with E-state index < -0.39 is 0 Å². The van der Waals surface area contributed by atoms with Crippen LogP contribution in [0.4, 0.5) is 5.82 Å². The largest absolute Gasteiger partial charge is 0.465 e. The van der Waals surface area contributed by atoms with Crippen molar-refractivity contribution in [1.29, 1.82) is 0 Å². The lowest BCUT2D eigenvalue weighted by Gasteiger charge is -2.17. The van der Waals surface area contributed by atoms with E-state index in [9.17, 15) is 4.79 Å². The number of nitrogens with zero attached hydrogens (tertiary/aromatic N) is 3. The maximum absolute atomic E-state index is 12.0. The third-order valence-corrected chi connectivity index (χ3v) is 6.25. The molecular formula is C29H34N6O2. The van der Waals surface area contributed by atoms with Crippen LogP contribution in [0.1, 0.15) is 34.6 Å². The lowest BCUT2D eigenvalue weighted by Crippen LogP contribution is -2.26. The van der Waals surface area contributed by atoms with Crippen LogP contribution in [0.2, 0.25) is 0 Å². The van der Waals surface area contributed by atoms with E-state index in [-0.39, 0.29) is 5.97 Å². The molecule has 2 aromatic heterocycles. The van der Waals surface area contributed by atoms with E-state index in [1.807, 2.05) is 24.3 Å². The van der Waals surface area contributed by atoms with E-state index in [4.69, 9.17) is 21.1 Å². The minimum absolute atomic E-state index is 0.370. The summed E-state index contributed by atoms with van der Waals surface area (Å²) in [5, 5.41) is 8.67. The van der Waals surface area contributed by atoms with Gasteiger partial charge in [-0.15, -0.1) is 6.42 Å². The van der Waals surface area contributed by atoms with E-state index in [1.54, 1.807) is 12.1 Å². The van der Waals surface area contributed by atoms with Crippen LogP contribution in [-0.2, 0) is 11.2 Å². The molecule has 3 N–H and O–H groups in total. The smallest absolute Gasteiger partial charge is 0.337 e. The fraction of sp³-hybridized carbons (Fsp3) is 0.345. The number of ether oxygens (including phenoxy) is 1. The number of nitrogens with one attached hydrogen (secondary N) is 3. The standard InChI is InChI=1S/C29H34N6O2/c1-4-14-30-15-8-17-35(2)18-9-16-31-27-26-23-13-12-22(29(36)37-3)20-24(23)32-28(26)34-25(33-27)19-21-10-6-5-7-11-21/h1,5-7,10-13,20,30H,8-9,14-19H2,2-3H3,(H2,31,32,33,34). The molecule has 0 fully saturated rings. The summed E-state index contributed by atoms with van der Waals surface area (Å²) in [7, 11) is 3.52. The highest BCUT2D eigenvalue weighted by Gasteiger charge is 2.16. The number of anilines is 1. The fourth-order valence-electron chi connectivity index (χ4n) is 4.38. The van der Waals surface area contributed by atoms with Gasteiger partial charge >= 0.3 is 5.97 Å². The van der Waals surface area contributed by atoms with Crippen molar-refractivity contribution in [1.82, 2.24) is 25.2 Å². The Morgan fingerprint density at radius 1 is 1.11 bits per heavy atom. The fourth-order valence-corrected chi connectivity index (χ4v) is 4.38. The first-order valence-electron chi connectivity index (χ1n) is 12.6. The van der Waals surface area contributed by atoms with Gasteiger partial charge in [0.1, 0.15) is 17.3 Å². The molecule has 192 valence electrons. The number of H-pyrrole nitrogens is 1. The molecule has 2 aromatic carbocycles. The van der Waals surface area contributed by atoms with Gasteiger partial charge in [-0.05, 0) is 57.2 Å². The molecule has 0 saturated carbocycles. The highest BCUT2D eigenvalue weighted by Crippen LogP contribution is 2.31. The van der Waals surface area contributed by atoms with Crippen LogP contribution in [0, 0.1) is 12.3 Å². The van der Waals surface area contributed by atoms with Crippen LogP contribution in [-0.4, -0.2) is 72.7 Å². The van der Waals surface area contributed by atoms with Crippen molar-refractivity contribution < 1.29 is 9.53 Å². The first kappa shape index (κ1) is 26.1. The second kappa shape index (κ2) is 12.9. The summed E-state index contributed by atoms with van der Waals surface area (Å²) in [4.78, 5) is 27.5. The van der Waals surface area contributed by atoms with E-state index in [0.717, 1.165) is 78.2 Å². The topological polar surface area (TPSA) is 95.2 Å². The zero-order valence-electron chi connectivity index (χ0n) is 21.5. The van der Waals surface area contributed by atoms with Gasteiger partial charge in [-0.3, -0.25) is 0 Å². The zero-order valence-corrected chi connectivity index (χ0v) is 21.5. The van der Waals surface area contributed by atoms with Crippen molar-refractivity contribution >= 4 is 33.7 Å². The first-order valence-corrected chi connectivity index (χ1v) is 12.6. The number of carbonyl (C=O) groups excluding carboxylic acids is 1. The molecule has 0 aliphatic carbocycles. The van der Waals surface area contributed by atoms with Crippen molar-refractivity contribution in [2.24, 2.45) is 0 Å². The number of fused-ring (bicyclic) bond motifs is 3. The van der Waals surface area contributed by atoms with Gasteiger partial charge in [0, 0.05) is 23.9 Å². The molecule has 0 saturated heterocycles. The number of esters is 1. The Morgan fingerprint density at radius 3 is 2.65 bits per heavy atom. The molecule has 4 aromatic rings. The van der Waals surface area contributed by atoms with Crippen LogP contribution < -0.4 is 10.6 Å². The Labute approximate surface area is 217 Å². The SMILES string of the molecule is C#CCNCCCN(C)CCCNc1nc(Cc2ccccc2)nc2[nH]c3cc(C(=O)OC)ccc3c12. The summed E-state index contributed by atoms with van der Waals surface area (Å²) in [5.41, 5.74) is 3.21. The van der Waals surface area contributed by atoms with Gasteiger partial charge in [-0.1, -0.05) is 42.3 Å². The summed E-state index contributed by atoms with van der Waals surface area (Å²) in [5.74, 6) is 3.76. The highest BCUT2D eigenvalue weighted by molar-refractivity contribution is 6.12. The van der Waals surface area contributed by atoms with Crippen LogP contribution in [0.5, 0.6) is 0 Å². The molecule has 0 radical (unpaired) electrons. The third-order valence-electron chi connectivity index (χ3n) is 6.25. The summed E-state index contributed by atoms with van der Waals surface area (Å²) in [6.45, 7) is 4.31. The minimum Gasteiger partial charge on any atom is -0.465 e. The monoisotopic (exact) mass is 498 g/mol. The Bertz CT molecular complexity index is 1380. The Hall–Kier alpha value is -3.93. The molecule has 0 atom stereocenters. The number of methoxy groups -OCH3 is 1. The maximum atomic E-state index is 12.0. The zero-order chi connectivity index (χ0) is 26.0. The number of hydrogen-bond donors (Lipinski definition) is 3. The number of rotatable bonds is 13. The van der Waals surface area contributed by atoms with Crippen molar-refractivity contribution in [3.05, 3.63) is 65.5 Å². The number of terminal acetylenes is 1. The number of aromatic nitrogens is 3. The third kappa shape index (κ3) is 6.85. The highest BCUT2D eigenvalue weighted by atomic mass is 16.5. The normalized spacial score (nSPS) is 11.2. The molecule has 4 rings (SSSR count). The van der Waals surface area contributed by atoms with Crippen molar-refractivity contribution in [3.63, 3.8) is 0 Å². The Balaban J connectivity index is 1.51. The van der Waals surface area contributed by atoms with Crippen LogP contribution >= 0.6 is 0 Å². The average Bonchev–Trinajstić information content (AvgIpc) is 3.28. The van der Waals surface area contributed by atoms with E-state index in [2.05, 4.69) is 45.6 Å². The summed E-state index contributed by atoms with van der Waals surface area (Å²) in [6.07, 6.45) is 7.93. The van der Waals surface area contributed by atoms with Gasteiger partial charge in [0.05, 0.1) is 24.6 Å². The number of hydrogen-bond acceptors (Lipinski definition) is 7. The lowest BCUT2D eigenvalue weighted by atomic mass is 10.1. The molecule has 0 unspecified atom stereocenters. The van der Waals surface area contributed by atoms with E-state index in [0.29, 0.717) is 18.5 Å². The minimum atomic E-state index is -0.370. The van der Waals surface area contributed by atoms with Gasteiger partial charge in [0.15, 0.2) is 0 Å². The van der Waals surface area contributed by atoms with Gasteiger partial charge in [-0.2, -0.15) is 0 Å². The van der Waals surface area contributed by atoms with Crippen LogP contribution in [0.15, 0.2) is 48.5 Å². The average molecular weight is 499 g/mol. The molecule has 0 bridgehead atoms. The first-order chi connectivity index (χ1) is 18.1. The molecule has 37 heavy (non-hydrogen) atoms. The van der Waals surface area contributed by atoms with Gasteiger partial charge in [0.2, 0.25) is 0 Å². The number of benzene rings is 2. The Kier molecular flexibility index (Phi) is 9.08. The quantitative estimate of drug-likeness (QED) is 0.146. The van der Waals surface area contributed by atoms with Gasteiger partial charge in [-0.25, -0.2) is 14.8 Å². The molecule has 8 nitrogen and oxygen atoms in total. The predicted molar refractivity (Wildman–Crippen MR) is 149 cm³/mol. The molecular weight excluding hydrogens is 464 g/mol. The van der Waals surface area contributed by atoms with E-state index >= 15 is 0 Å². The molecule has 0 spiro atoms. The van der Waals surface area contributed by atoms with Gasteiger partial charge in [0.25, 0.3) is 0 Å². The molecule has 0 aliphatic rings. The molecule has 0 amide bonds. The number of carbonyl (C=O) groups is 1. The molecule has 0 aliphatic heterocycles. The van der Waals surface area contributed by atoms with Crippen LogP contribution in [0.3, 0.4) is 0 Å². The Morgan fingerprint density at radius 2 is 1.89 bits per heavy atom. The molecule has 8 heteroatoms. The molecule has 2 heterocycles. The second-order valence-corrected chi connectivity index (χ2v) is 9.07. The maximum Gasteiger partial charge on any atom is 0.337 e. The van der Waals surface area contributed by atoms with Crippen molar-refractivity contribution in [3.8, 4) is 12.3 Å². The summed E-state index contributed by atoms with van der Waals surface area (Å²) < 4.78 is 4.89. The van der Waals surface area contributed by atoms with Crippen molar-refractivity contribution in [2.75, 3.05) is 52.2 Å².